The molecule has 134 valence electrons. The summed E-state index contributed by atoms with van der Waals surface area (Å²) in [6, 6.07) is 0. The van der Waals surface area contributed by atoms with E-state index in [1.807, 2.05) is 4.90 Å². The highest BCUT2D eigenvalue weighted by molar-refractivity contribution is 7.20. The molecule has 0 aromatic carbocycles. The third-order valence-corrected chi connectivity index (χ3v) is 5.75. The summed E-state index contributed by atoms with van der Waals surface area (Å²) in [5, 5.41) is 3.28. The monoisotopic (exact) mass is 362 g/mol. The number of likely N-dealkylation sites (tertiary alicyclic amines) is 1. The van der Waals surface area contributed by atoms with Crippen LogP contribution >= 0.6 is 11.3 Å². The molecule has 1 fully saturated rings. The van der Waals surface area contributed by atoms with E-state index in [0.29, 0.717) is 33.6 Å². The van der Waals surface area contributed by atoms with Crippen LogP contribution < -0.4 is 10.9 Å². The fourth-order valence-electron chi connectivity index (χ4n) is 3.09. The molecule has 0 spiro atoms. The Bertz CT molecular complexity index is 865. The summed E-state index contributed by atoms with van der Waals surface area (Å²) >= 11 is 1.21. The van der Waals surface area contributed by atoms with E-state index < -0.39 is 0 Å². The van der Waals surface area contributed by atoms with Gasteiger partial charge in [0.15, 0.2) is 0 Å². The molecule has 2 amide bonds. The largest absolute Gasteiger partial charge is 0.351 e. The first-order chi connectivity index (χ1) is 12.0. The van der Waals surface area contributed by atoms with Crippen LogP contribution in [0.4, 0.5) is 0 Å². The standard InChI is InChI=1S/C17H22N4O3S/c1-11-13-16(19-10-20(2)17(13)24)25-14(11)15(23)18-7-6-12(22)21-8-4-3-5-9-21/h10H,3-9H2,1-2H3,(H,18,23). The molecule has 25 heavy (non-hydrogen) atoms. The topological polar surface area (TPSA) is 84.3 Å². The number of aromatic nitrogens is 2. The number of hydrogen-bond acceptors (Lipinski definition) is 5. The van der Waals surface area contributed by atoms with Crippen molar-refractivity contribution in [2.75, 3.05) is 19.6 Å². The van der Waals surface area contributed by atoms with E-state index in [0.717, 1.165) is 25.9 Å². The molecule has 0 saturated carbocycles. The van der Waals surface area contributed by atoms with E-state index >= 15 is 0 Å². The number of carbonyl (C=O) groups excluding carboxylic acids is 2. The highest BCUT2D eigenvalue weighted by atomic mass is 32.1. The maximum Gasteiger partial charge on any atom is 0.262 e. The summed E-state index contributed by atoms with van der Waals surface area (Å²) in [7, 11) is 1.64. The van der Waals surface area contributed by atoms with Crippen molar-refractivity contribution < 1.29 is 9.59 Å². The lowest BCUT2D eigenvalue weighted by Gasteiger charge is -2.26. The van der Waals surface area contributed by atoms with Gasteiger partial charge in [-0.1, -0.05) is 0 Å². The quantitative estimate of drug-likeness (QED) is 0.892. The van der Waals surface area contributed by atoms with Crippen molar-refractivity contribution in [3.8, 4) is 0 Å². The second-order valence-corrected chi connectivity index (χ2v) is 7.34. The lowest BCUT2D eigenvalue weighted by Crippen LogP contribution is -2.37. The molecule has 7 nitrogen and oxygen atoms in total. The zero-order chi connectivity index (χ0) is 18.0. The molecule has 1 saturated heterocycles. The number of aryl methyl sites for hydroxylation is 2. The Hall–Kier alpha value is -2.22. The van der Waals surface area contributed by atoms with Crippen LogP contribution in [0.3, 0.4) is 0 Å². The van der Waals surface area contributed by atoms with E-state index in [4.69, 9.17) is 0 Å². The maximum absolute atomic E-state index is 12.4. The van der Waals surface area contributed by atoms with Crippen molar-refractivity contribution in [1.29, 1.82) is 0 Å². The summed E-state index contributed by atoms with van der Waals surface area (Å²) in [4.78, 5) is 43.9. The molecule has 0 aliphatic carbocycles. The van der Waals surface area contributed by atoms with Crippen LogP contribution in [0, 0.1) is 6.92 Å². The number of nitrogens with one attached hydrogen (secondary N) is 1. The number of carbonyl (C=O) groups is 2. The molecule has 1 N–H and O–H groups in total. The van der Waals surface area contributed by atoms with Gasteiger partial charge in [-0.25, -0.2) is 4.98 Å². The minimum absolute atomic E-state index is 0.0867. The molecular weight excluding hydrogens is 340 g/mol. The Labute approximate surface area is 149 Å². The van der Waals surface area contributed by atoms with Crippen LogP contribution in [0.2, 0.25) is 0 Å². The number of rotatable bonds is 4. The smallest absolute Gasteiger partial charge is 0.262 e. The lowest BCUT2D eigenvalue weighted by molar-refractivity contribution is -0.131. The molecular formula is C17H22N4O3S. The first-order valence-electron chi connectivity index (χ1n) is 8.49. The number of piperidine rings is 1. The lowest BCUT2D eigenvalue weighted by atomic mass is 10.1. The number of nitrogens with zero attached hydrogens (tertiary/aromatic N) is 3. The average molecular weight is 362 g/mol. The van der Waals surface area contributed by atoms with Crippen LogP contribution in [-0.2, 0) is 11.8 Å². The fraction of sp³-hybridized carbons (Fsp3) is 0.529. The normalized spacial score (nSPS) is 14.7. The highest BCUT2D eigenvalue weighted by Gasteiger charge is 2.20. The SMILES string of the molecule is Cc1c(C(=O)NCCC(=O)N2CCCCC2)sc2ncn(C)c(=O)c12. The Balaban J connectivity index is 1.64. The molecule has 0 bridgehead atoms. The van der Waals surface area contributed by atoms with Gasteiger partial charge >= 0.3 is 0 Å². The maximum atomic E-state index is 12.4. The van der Waals surface area contributed by atoms with E-state index in [1.54, 1.807) is 14.0 Å². The molecule has 0 unspecified atom stereocenters. The van der Waals surface area contributed by atoms with Crippen LogP contribution in [0.5, 0.6) is 0 Å². The number of thiophene rings is 1. The molecule has 8 heteroatoms. The number of hydrogen-bond donors (Lipinski definition) is 1. The van der Waals surface area contributed by atoms with Gasteiger partial charge < -0.3 is 14.8 Å². The van der Waals surface area contributed by atoms with Crippen molar-refractivity contribution in [2.45, 2.75) is 32.6 Å². The molecule has 0 radical (unpaired) electrons. The highest BCUT2D eigenvalue weighted by Crippen LogP contribution is 2.26. The molecule has 1 aliphatic heterocycles. The Morgan fingerprint density at radius 1 is 1.28 bits per heavy atom. The molecule has 0 atom stereocenters. The Morgan fingerprint density at radius 2 is 2.00 bits per heavy atom. The van der Waals surface area contributed by atoms with Gasteiger partial charge in [0.1, 0.15) is 4.83 Å². The van der Waals surface area contributed by atoms with E-state index in [-0.39, 0.29) is 17.4 Å². The second-order valence-electron chi connectivity index (χ2n) is 6.34. The Kier molecular flexibility index (Phi) is 5.17. The minimum Gasteiger partial charge on any atom is -0.351 e. The summed E-state index contributed by atoms with van der Waals surface area (Å²) < 4.78 is 1.40. The van der Waals surface area contributed by atoms with Crippen molar-refractivity contribution in [1.82, 2.24) is 19.8 Å². The van der Waals surface area contributed by atoms with Crippen LogP contribution in [0.25, 0.3) is 10.2 Å². The molecule has 3 rings (SSSR count). The van der Waals surface area contributed by atoms with Gasteiger partial charge in [-0.3, -0.25) is 14.4 Å². The summed E-state index contributed by atoms with van der Waals surface area (Å²) in [6.45, 7) is 3.69. The first kappa shape index (κ1) is 17.6. The fourth-order valence-corrected chi connectivity index (χ4v) is 4.15. The van der Waals surface area contributed by atoms with Gasteiger partial charge in [-0.05, 0) is 31.7 Å². The summed E-state index contributed by atoms with van der Waals surface area (Å²) in [5.41, 5.74) is 0.492. The van der Waals surface area contributed by atoms with Gasteiger partial charge in [0.25, 0.3) is 11.5 Å². The predicted molar refractivity (Wildman–Crippen MR) is 97.0 cm³/mol. The van der Waals surface area contributed by atoms with Gasteiger partial charge in [-0.2, -0.15) is 0 Å². The second kappa shape index (κ2) is 7.35. The van der Waals surface area contributed by atoms with E-state index in [2.05, 4.69) is 10.3 Å². The van der Waals surface area contributed by atoms with Gasteiger partial charge in [0.05, 0.1) is 16.6 Å². The Morgan fingerprint density at radius 3 is 2.72 bits per heavy atom. The summed E-state index contributed by atoms with van der Waals surface area (Å²) in [6.07, 6.45) is 5.05. The van der Waals surface area contributed by atoms with Gasteiger partial charge in [0, 0.05) is 33.1 Å². The molecule has 2 aromatic rings. The minimum atomic E-state index is -0.256. The van der Waals surface area contributed by atoms with Crippen LogP contribution in [0.1, 0.15) is 40.9 Å². The molecule has 1 aliphatic rings. The van der Waals surface area contributed by atoms with Gasteiger partial charge in [-0.15, -0.1) is 11.3 Å². The van der Waals surface area contributed by atoms with E-state index in [1.165, 1.54) is 28.7 Å². The summed E-state index contributed by atoms with van der Waals surface area (Å²) in [5.74, 6) is -0.169. The predicted octanol–water partition coefficient (Wildman–Crippen LogP) is 1.44. The number of amides is 2. The number of fused-ring (bicyclic) bond motifs is 1. The van der Waals surface area contributed by atoms with Gasteiger partial charge in [0.2, 0.25) is 5.91 Å². The zero-order valence-electron chi connectivity index (χ0n) is 14.5. The van der Waals surface area contributed by atoms with Crippen LogP contribution in [-0.4, -0.2) is 45.9 Å². The van der Waals surface area contributed by atoms with Crippen molar-refractivity contribution in [3.63, 3.8) is 0 Å². The first-order valence-corrected chi connectivity index (χ1v) is 9.31. The van der Waals surface area contributed by atoms with Crippen molar-refractivity contribution in [2.24, 2.45) is 7.05 Å². The zero-order valence-corrected chi connectivity index (χ0v) is 15.3. The average Bonchev–Trinajstić information content (AvgIpc) is 2.96. The molecule has 2 aromatic heterocycles. The van der Waals surface area contributed by atoms with Crippen LogP contribution in [0.15, 0.2) is 11.1 Å². The third-order valence-electron chi connectivity index (χ3n) is 4.55. The van der Waals surface area contributed by atoms with Crippen molar-refractivity contribution in [3.05, 3.63) is 27.1 Å². The molecule has 3 heterocycles. The van der Waals surface area contributed by atoms with E-state index in [9.17, 15) is 14.4 Å². The third kappa shape index (κ3) is 3.58. The van der Waals surface area contributed by atoms with Crippen molar-refractivity contribution >= 4 is 33.4 Å².